The quantitative estimate of drug-likeness (QED) is 0.339. The van der Waals surface area contributed by atoms with Crippen molar-refractivity contribution in [3.63, 3.8) is 0 Å². The molecule has 0 aliphatic carbocycles. The van der Waals surface area contributed by atoms with Crippen LogP contribution in [0, 0.1) is 0 Å². The summed E-state index contributed by atoms with van der Waals surface area (Å²) in [5.74, 6) is 0.692. The van der Waals surface area contributed by atoms with E-state index in [2.05, 4.69) is 5.10 Å². The monoisotopic (exact) mass is 538 g/mol. The van der Waals surface area contributed by atoms with Crippen LogP contribution in [0.1, 0.15) is 31.7 Å². The number of sulfonamides is 1. The number of ether oxygens (including phenoxy) is 2. The molecule has 1 unspecified atom stereocenters. The van der Waals surface area contributed by atoms with Crippen LogP contribution in [-0.4, -0.2) is 57.3 Å². The van der Waals surface area contributed by atoms with E-state index in [4.69, 9.17) is 9.47 Å². The van der Waals surface area contributed by atoms with Crippen molar-refractivity contribution in [3.05, 3.63) is 66.5 Å². The predicted molar refractivity (Wildman–Crippen MR) is 141 cm³/mol. The topological polar surface area (TPSA) is 116 Å². The number of carboxylic acids is 1. The number of aryl methyl sites for hydroxylation is 1. The molecule has 0 bridgehead atoms. The van der Waals surface area contributed by atoms with E-state index in [1.807, 2.05) is 32.2 Å². The maximum absolute atomic E-state index is 13.4. The first-order valence-corrected chi connectivity index (χ1v) is 13.8. The highest BCUT2D eigenvalue weighted by molar-refractivity contribution is 7.89. The van der Waals surface area contributed by atoms with Gasteiger partial charge in [-0.05, 0) is 62.2 Å². The van der Waals surface area contributed by atoms with E-state index in [1.165, 1.54) is 4.31 Å². The molecular formula is C27H30N4O6S. The van der Waals surface area contributed by atoms with Gasteiger partial charge in [-0.2, -0.15) is 9.40 Å². The number of benzene rings is 2. The number of hydrogen-bond acceptors (Lipinski definition) is 6. The van der Waals surface area contributed by atoms with Gasteiger partial charge < -0.3 is 19.1 Å². The SMILES string of the molecule is CC(C)Oc1ccc(S(=O)(=O)N2CCC(c3cn(CC(=O)O)c4cc(Oc5ccnn5C)ccc34)C2)cc1. The molecule has 0 amide bonds. The number of hydrogen-bond donors (Lipinski definition) is 1. The highest BCUT2D eigenvalue weighted by atomic mass is 32.2. The Morgan fingerprint density at radius 2 is 1.87 bits per heavy atom. The molecule has 38 heavy (non-hydrogen) atoms. The number of carboxylic acid groups (broad SMARTS) is 1. The van der Waals surface area contributed by atoms with Crippen LogP contribution in [0.4, 0.5) is 0 Å². The van der Waals surface area contributed by atoms with Gasteiger partial charge in [-0.3, -0.25) is 4.79 Å². The minimum Gasteiger partial charge on any atom is -0.491 e. The Labute approximate surface area is 221 Å². The van der Waals surface area contributed by atoms with Crippen molar-refractivity contribution in [3.8, 4) is 17.4 Å². The molecule has 1 aliphatic rings. The summed E-state index contributed by atoms with van der Waals surface area (Å²) in [4.78, 5) is 11.8. The number of nitrogens with zero attached hydrogens (tertiary/aromatic N) is 4. The molecule has 10 nitrogen and oxygen atoms in total. The molecule has 4 aromatic rings. The third-order valence-corrected chi connectivity index (χ3v) is 8.49. The number of rotatable bonds is 9. The van der Waals surface area contributed by atoms with Crippen molar-refractivity contribution < 1.29 is 27.8 Å². The van der Waals surface area contributed by atoms with Gasteiger partial charge in [0.25, 0.3) is 0 Å². The number of aliphatic carboxylic acids is 1. The number of fused-ring (bicyclic) bond motifs is 1. The van der Waals surface area contributed by atoms with Crippen LogP contribution in [0.2, 0.25) is 0 Å². The smallest absolute Gasteiger partial charge is 0.323 e. The fraction of sp³-hybridized carbons (Fsp3) is 0.333. The lowest BCUT2D eigenvalue weighted by Gasteiger charge is -2.17. The molecule has 11 heteroatoms. The molecule has 2 aromatic carbocycles. The van der Waals surface area contributed by atoms with Crippen molar-refractivity contribution in [2.75, 3.05) is 13.1 Å². The second kappa shape index (κ2) is 10.1. The fourth-order valence-corrected chi connectivity index (χ4v) is 6.36. The predicted octanol–water partition coefficient (Wildman–Crippen LogP) is 4.22. The van der Waals surface area contributed by atoms with Crippen LogP contribution in [0.25, 0.3) is 10.9 Å². The Bertz CT molecular complexity index is 1570. The standard InChI is InChI=1S/C27H30N4O6S/c1-18(2)36-20-4-7-22(8-5-20)38(34,35)31-13-11-19(15-31)24-16-30(17-27(32)33)25-14-21(6-9-23(24)25)37-26-10-12-28-29(26)3/h4-10,12,14,16,18-19H,11,13,15,17H2,1-3H3,(H,32,33). The summed E-state index contributed by atoms with van der Waals surface area (Å²) in [6.45, 7) is 4.30. The molecule has 1 saturated heterocycles. The normalized spacial score (nSPS) is 16.4. The van der Waals surface area contributed by atoms with Gasteiger partial charge in [-0.25, -0.2) is 13.1 Å². The molecule has 1 N–H and O–H groups in total. The molecule has 1 fully saturated rings. The maximum atomic E-state index is 13.4. The molecule has 200 valence electrons. The zero-order chi connectivity index (χ0) is 27.0. The van der Waals surface area contributed by atoms with E-state index >= 15 is 0 Å². The van der Waals surface area contributed by atoms with Gasteiger partial charge in [0.2, 0.25) is 15.9 Å². The highest BCUT2D eigenvalue weighted by Crippen LogP contribution is 2.38. The van der Waals surface area contributed by atoms with E-state index in [0.717, 1.165) is 10.9 Å². The largest absolute Gasteiger partial charge is 0.491 e. The van der Waals surface area contributed by atoms with Crippen molar-refractivity contribution >= 4 is 26.9 Å². The van der Waals surface area contributed by atoms with Crippen LogP contribution in [0.3, 0.4) is 0 Å². The Balaban J connectivity index is 1.41. The molecule has 5 rings (SSSR count). The van der Waals surface area contributed by atoms with Crippen molar-refractivity contribution in [2.24, 2.45) is 7.05 Å². The second-order valence-corrected chi connectivity index (χ2v) is 11.6. The summed E-state index contributed by atoms with van der Waals surface area (Å²) in [6.07, 6.45) is 4.09. The average Bonchev–Trinajstić information content (AvgIpc) is 3.59. The first-order valence-electron chi connectivity index (χ1n) is 12.4. The zero-order valence-corrected chi connectivity index (χ0v) is 22.3. The molecule has 0 saturated carbocycles. The lowest BCUT2D eigenvalue weighted by Crippen LogP contribution is -2.28. The minimum absolute atomic E-state index is 0.00199. The van der Waals surface area contributed by atoms with Gasteiger partial charge in [0.05, 0.1) is 22.7 Å². The van der Waals surface area contributed by atoms with Gasteiger partial charge in [-0.15, -0.1) is 0 Å². The molecule has 0 spiro atoms. The Morgan fingerprint density at radius 1 is 1.13 bits per heavy atom. The van der Waals surface area contributed by atoms with Gasteiger partial charge in [0, 0.05) is 49.8 Å². The van der Waals surface area contributed by atoms with Gasteiger partial charge in [-0.1, -0.05) is 0 Å². The number of carbonyl (C=O) groups is 1. The second-order valence-electron chi connectivity index (χ2n) is 9.67. The van der Waals surface area contributed by atoms with Crippen LogP contribution in [0.15, 0.2) is 65.8 Å². The molecule has 0 radical (unpaired) electrons. The third-order valence-electron chi connectivity index (χ3n) is 6.61. The lowest BCUT2D eigenvalue weighted by atomic mass is 9.98. The number of aromatic nitrogens is 3. The fourth-order valence-electron chi connectivity index (χ4n) is 4.86. The van der Waals surface area contributed by atoms with E-state index in [1.54, 1.807) is 58.9 Å². The molecule has 1 atom stereocenters. The van der Waals surface area contributed by atoms with E-state index in [0.29, 0.717) is 42.4 Å². The van der Waals surface area contributed by atoms with Crippen LogP contribution < -0.4 is 9.47 Å². The minimum atomic E-state index is -3.68. The third kappa shape index (κ3) is 5.11. The van der Waals surface area contributed by atoms with Crippen molar-refractivity contribution in [2.45, 2.75) is 43.7 Å². The first kappa shape index (κ1) is 25.8. The molecule has 3 heterocycles. The van der Waals surface area contributed by atoms with Crippen molar-refractivity contribution in [1.29, 1.82) is 0 Å². The lowest BCUT2D eigenvalue weighted by molar-refractivity contribution is -0.137. The zero-order valence-electron chi connectivity index (χ0n) is 21.4. The summed E-state index contributed by atoms with van der Waals surface area (Å²) in [5.41, 5.74) is 1.64. The van der Waals surface area contributed by atoms with E-state index < -0.39 is 16.0 Å². The molecular weight excluding hydrogens is 508 g/mol. The average molecular weight is 539 g/mol. The Kier molecular flexibility index (Phi) is 6.89. The van der Waals surface area contributed by atoms with Gasteiger partial charge in [0.1, 0.15) is 18.0 Å². The van der Waals surface area contributed by atoms with Gasteiger partial charge in [0.15, 0.2) is 0 Å². The Morgan fingerprint density at radius 3 is 2.53 bits per heavy atom. The Hall–Kier alpha value is -3.83. The van der Waals surface area contributed by atoms with Crippen LogP contribution in [0.5, 0.6) is 17.4 Å². The van der Waals surface area contributed by atoms with E-state index in [-0.39, 0.29) is 23.5 Å². The van der Waals surface area contributed by atoms with E-state index in [9.17, 15) is 18.3 Å². The molecule has 2 aromatic heterocycles. The molecule has 1 aliphatic heterocycles. The summed E-state index contributed by atoms with van der Waals surface area (Å²) in [6, 6.07) is 13.8. The van der Waals surface area contributed by atoms with Crippen molar-refractivity contribution in [1.82, 2.24) is 18.7 Å². The van der Waals surface area contributed by atoms with Gasteiger partial charge >= 0.3 is 5.97 Å². The summed E-state index contributed by atoms with van der Waals surface area (Å²) >= 11 is 0. The maximum Gasteiger partial charge on any atom is 0.323 e. The first-order chi connectivity index (χ1) is 18.1. The summed E-state index contributed by atoms with van der Waals surface area (Å²) < 4.78 is 43.1. The summed E-state index contributed by atoms with van der Waals surface area (Å²) in [5, 5.41) is 14.5. The van der Waals surface area contributed by atoms with Crippen LogP contribution in [-0.2, 0) is 28.4 Å². The van der Waals surface area contributed by atoms with Crippen LogP contribution >= 0.6 is 0 Å². The summed E-state index contributed by atoms with van der Waals surface area (Å²) in [7, 11) is -1.91. The highest BCUT2D eigenvalue weighted by Gasteiger charge is 2.34.